The van der Waals surface area contributed by atoms with E-state index in [0.717, 1.165) is 25.7 Å². The third kappa shape index (κ3) is 4.93. The summed E-state index contributed by atoms with van der Waals surface area (Å²) < 4.78 is 0. The van der Waals surface area contributed by atoms with Crippen LogP contribution in [-0.4, -0.2) is 12.2 Å². The number of aliphatic imine (C=N–C) groups is 2. The van der Waals surface area contributed by atoms with Crippen LogP contribution in [0.4, 0.5) is 11.4 Å². The van der Waals surface area contributed by atoms with Gasteiger partial charge in [-0.1, -0.05) is 77.3 Å². The molecule has 0 N–H and O–H groups in total. The second-order valence-electron chi connectivity index (χ2n) is 8.57. The van der Waals surface area contributed by atoms with Crippen LogP contribution in [0.2, 0.25) is 0 Å². The van der Waals surface area contributed by atoms with Gasteiger partial charge in [0.2, 0.25) is 12.2 Å². The van der Waals surface area contributed by atoms with Crippen molar-refractivity contribution in [1.82, 2.24) is 0 Å². The molecular weight excluding hydrogens is 384 g/mol. The molecule has 0 fully saturated rings. The Labute approximate surface area is 185 Å². The first-order chi connectivity index (χ1) is 15.2. The van der Waals surface area contributed by atoms with E-state index >= 15 is 0 Å². The van der Waals surface area contributed by atoms with E-state index < -0.39 is 0 Å². The summed E-state index contributed by atoms with van der Waals surface area (Å²) in [6.45, 7) is 4.46. The highest BCUT2D eigenvalue weighted by atomic mass is 16.1. The predicted octanol–water partition coefficient (Wildman–Crippen LogP) is 7.83. The Kier molecular flexibility index (Phi) is 8.12. The third-order valence-electron chi connectivity index (χ3n) is 6.59. The van der Waals surface area contributed by atoms with Gasteiger partial charge >= 0.3 is 0 Å². The lowest BCUT2D eigenvalue weighted by atomic mass is 9.70. The van der Waals surface area contributed by atoms with Crippen molar-refractivity contribution in [1.29, 1.82) is 0 Å². The summed E-state index contributed by atoms with van der Waals surface area (Å²) in [5.41, 5.74) is 6.06. The smallest absolute Gasteiger partial charge is 0.211 e. The van der Waals surface area contributed by atoms with Crippen LogP contribution in [0.1, 0.15) is 89.2 Å². The number of benzene rings is 2. The van der Waals surface area contributed by atoms with E-state index in [1.54, 1.807) is 12.2 Å². The number of fused-ring (bicyclic) bond motifs is 3. The molecule has 0 spiro atoms. The minimum Gasteiger partial charge on any atom is -0.211 e. The van der Waals surface area contributed by atoms with Crippen LogP contribution >= 0.6 is 0 Å². The second kappa shape index (κ2) is 11.0. The largest absolute Gasteiger partial charge is 0.240 e. The lowest BCUT2D eigenvalue weighted by Crippen LogP contribution is -2.25. The molecular formula is C27H32N2O2. The fraction of sp³-hybridized carbons (Fsp3) is 0.481. The third-order valence-corrected chi connectivity index (χ3v) is 6.59. The van der Waals surface area contributed by atoms with E-state index in [2.05, 4.69) is 48.1 Å². The monoisotopic (exact) mass is 416 g/mol. The molecule has 0 atom stereocenters. The van der Waals surface area contributed by atoms with E-state index in [9.17, 15) is 9.59 Å². The van der Waals surface area contributed by atoms with Gasteiger partial charge in [-0.2, -0.15) is 9.98 Å². The summed E-state index contributed by atoms with van der Waals surface area (Å²) in [4.78, 5) is 29.6. The van der Waals surface area contributed by atoms with Crippen LogP contribution in [-0.2, 0) is 15.0 Å². The molecule has 1 aliphatic rings. The summed E-state index contributed by atoms with van der Waals surface area (Å²) in [5.74, 6) is 0. The van der Waals surface area contributed by atoms with Gasteiger partial charge in [0, 0.05) is 5.41 Å². The predicted molar refractivity (Wildman–Crippen MR) is 126 cm³/mol. The van der Waals surface area contributed by atoms with Crippen LogP contribution in [0.25, 0.3) is 11.1 Å². The molecule has 31 heavy (non-hydrogen) atoms. The standard InChI is InChI=1S/C27H32N2O2/c1-3-5-7-9-15-27(16-10-8-6-4-2)25-17-21(28-19-30)11-13-23(25)24-14-12-22(29-20-31)18-26(24)27/h11-14,17-18H,3-10,15-16H2,1-2H3. The minimum absolute atomic E-state index is 0.144. The number of hydrogen-bond acceptors (Lipinski definition) is 4. The first kappa shape index (κ1) is 22.9. The van der Waals surface area contributed by atoms with E-state index in [4.69, 9.17) is 0 Å². The summed E-state index contributed by atoms with van der Waals surface area (Å²) in [6, 6.07) is 12.1. The molecule has 4 heteroatoms. The molecule has 3 rings (SSSR count). The molecule has 1 aliphatic carbocycles. The van der Waals surface area contributed by atoms with Crippen LogP contribution in [0.5, 0.6) is 0 Å². The van der Waals surface area contributed by atoms with Gasteiger partial charge in [-0.15, -0.1) is 0 Å². The zero-order valence-corrected chi connectivity index (χ0v) is 18.7. The van der Waals surface area contributed by atoms with Crippen LogP contribution < -0.4 is 0 Å². The summed E-state index contributed by atoms with van der Waals surface area (Å²) in [6.07, 6.45) is 15.0. The highest BCUT2D eigenvalue weighted by molar-refractivity contribution is 5.84. The summed E-state index contributed by atoms with van der Waals surface area (Å²) in [7, 11) is 0. The molecule has 4 nitrogen and oxygen atoms in total. The quantitative estimate of drug-likeness (QED) is 0.201. The maximum atomic E-state index is 10.9. The molecule has 0 unspecified atom stereocenters. The molecule has 2 aromatic rings. The topological polar surface area (TPSA) is 58.9 Å². The van der Waals surface area contributed by atoms with Crippen LogP contribution in [0, 0.1) is 0 Å². The first-order valence-electron chi connectivity index (χ1n) is 11.7. The molecule has 0 saturated carbocycles. The van der Waals surface area contributed by atoms with E-state index in [0.29, 0.717) is 11.4 Å². The number of nitrogens with zero attached hydrogens (tertiary/aromatic N) is 2. The number of isocyanates is 2. The van der Waals surface area contributed by atoms with E-state index in [1.165, 1.54) is 60.8 Å². The Morgan fingerprint density at radius 1 is 0.677 bits per heavy atom. The molecule has 0 bridgehead atoms. The molecule has 2 aromatic carbocycles. The Bertz CT molecular complexity index is 917. The molecule has 162 valence electrons. The van der Waals surface area contributed by atoms with E-state index in [-0.39, 0.29) is 5.41 Å². The second-order valence-corrected chi connectivity index (χ2v) is 8.57. The van der Waals surface area contributed by atoms with Crippen molar-refractivity contribution in [3.05, 3.63) is 47.5 Å². The maximum absolute atomic E-state index is 10.9. The maximum Gasteiger partial charge on any atom is 0.240 e. The van der Waals surface area contributed by atoms with Crippen molar-refractivity contribution in [2.45, 2.75) is 83.5 Å². The lowest BCUT2D eigenvalue weighted by Gasteiger charge is -2.33. The van der Waals surface area contributed by atoms with Gasteiger partial charge in [-0.25, -0.2) is 9.59 Å². The zero-order valence-electron chi connectivity index (χ0n) is 18.7. The number of hydrogen-bond donors (Lipinski definition) is 0. The average Bonchev–Trinajstić information content (AvgIpc) is 3.04. The van der Waals surface area contributed by atoms with Crippen molar-refractivity contribution < 1.29 is 9.59 Å². The number of carbonyl (C=O) groups excluding carboxylic acids is 2. The van der Waals surface area contributed by atoms with Gasteiger partial charge in [0.05, 0.1) is 11.4 Å². The van der Waals surface area contributed by atoms with Gasteiger partial charge in [-0.05, 0) is 59.4 Å². The molecule has 0 amide bonds. The van der Waals surface area contributed by atoms with Crippen molar-refractivity contribution in [3.8, 4) is 11.1 Å². The van der Waals surface area contributed by atoms with Gasteiger partial charge < -0.3 is 0 Å². The summed E-state index contributed by atoms with van der Waals surface area (Å²) >= 11 is 0. The van der Waals surface area contributed by atoms with Gasteiger partial charge in [-0.3, -0.25) is 0 Å². The SMILES string of the molecule is CCCCCCC1(CCCCCC)c2cc(N=C=O)ccc2-c2ccc(N=C=O)cc21. The van der Waals surface area contributed by atoms with Gasteiger partial charge in [0.1, 0.15) is 0 Å². The summed E-state index contributed by atoms with van der Waals surface area (Å²) in [5, 5.41) is 0. The molecule has 0 radical (unpaired) electrons. The minimum atomic E-state index is -0.144. The van der Waals surface area contributed by atoms with Crippen LogP contribution in [0.3, 0.4) is 0 Å². The number of unbranched alkanes of at least 4 members (excludes halogenated alkanes) is 6. The molecule has 0 aromatic heterocycles. The Balaban J connectivity index is 2.13. The Morgan fingerprint density at radius 2 is 1.13 bits per heavy atom. The van der Waals surface area contributed by atoms with Crippen LogP contribution in [0.15, 0.2) is 46.4 Å². The Hall–Kier alpha value is -2.80. The molecule has 0 saturated heterocycles. The highest BCUT2D eigenvalue weighted by Gasteiger charge is 2.42. The molecule has 0 aliphatic heterocycles. The first-order valence-corrected chi connectivity index (χ1v) is 11.7. The zero-order chi connectivity index (χ0) is 22.1. The van der Waals surface area contributed by atoms with Crippen molar-refractivity contribution in [2.24, 2.45) is 9.98 Å². The van der Waals surface area contributed by atoms with Crippen molar-refractivity contribution >= 4 is 23.5 Å². The molecule has 0 heterocycles. The van der Waals surface area contributed by atoms with Crippen molar-refractivity contribution in [3.63, 3.8) is 0 Å². The fourth-order valence-electron chi connectivity index (χ4n) is 5.09. The van der Waals surface area contributed by atoms with Gasteiger partial charge in [0.15, 0.2) is 0 Å². The van der Waals surface area contributed by atoms with Crippen molar-refractivity contribution in [2.75, 3.05) is 0 Å². The lowest BCUT2D eigenvalue weighted by molar-refractivity contribution is 0.401. The van der Waals surface area contributed by atoms with E-state index in [1.807, 2.05) is 12.1 Å². The average molecular weight is 417 g/mol. The Morgan fingerprint density at radius 3 is 1.52 bits per heavy atom. The normalized spacial score (nSPS) is 13.1. The highest BCUT2D eigenvalue weighted by Crippen LogP contribution is 2.55. The fourth-order valence-corrected chi connectivity index (χ4v) is 5.09. The number of rotatable bonds is 12. The van der Waals surface area contributed by atoms with Gasteiger partial charge in [0.25, 0.3) is 0 Å².